The first-order valence-electron chi connectivity index (χ1n) is 4.39. The molecule has 1 fully saturated rings. The Labute approximate surface area is 77.9 Å². The van der Waals surface area contributed by atoms with Crippen LogP contribution < -0.4 is 0 Å². The Kier molecular flexibility index (Phi) is 3.88. The lowest BCUT2D eigenvalue weighted by molar-refractivity contribution is 0.102. The number of piperidine rings is 1. The molecule has 1 atom stereocenters. The minimum Gasteiger partial charge on any atom is -0.303 e. The minimum absolute atomic E-state index is 0.126. The molecular weight excluding hydrogens is 193 g/mol. The second-order valence-corrected chi connectivity index (χ2v) is 4.66. The van der Waals surface area contributed by atoms with E-state index in [2.05, 4.69) is 9.42 Å². The second-order valence-electron chi connectivity index (χ2n) is 3.42. The van der Waals surface area contributed by atoms with E-state index >= 15 is 0 Å². The van der Waals surface area contributed by atoms with Crippen LogP contribution in [0.15, 0.2) is 0 Å². The molecule has 1 aliphatic rings. The second kappa shape index (κ2) is 4.53. The Morgan fingerprint density at radius 1 is 1.54 bits per heavy atom. The summed E-state index contributed by atoms with van der Waals surface area (Å²) in [6.45, 7) is 1.11. The Morgan fingerprint density at radius 2 is 2.23 bits per heavy atom. The molecule has 1 rings (SSSR count). The van der Waals surface area contributed by atoms with Crippen molar-refractivity contribution in [2.45, 2.75) is 25.3 Å². The maximum atomic E-state index is 10.4. The number of phosphoric ester groups is 1. The number of nitrogens with zero attached hydrogens (tertiary/aromatic N) is 1. The molecular formula is C7H16NO4P. The summed E-state index contributed by atoms with van der Waals surface area (Å²) in [4.78, 5) is 19.1. The van der Waals surface area contributed by atoms with Gasteiger partial charge in [-0.1, -0.05) is 6.42 Å². The summed E-state index contributed by atoms with van der Waals surface area (Å²) in [6.07, 6.45) is 3.22. The first kappa shape index (κ1) is 11.1. The van der Waals surface area contributed by atoms with Crippen LogP contribution in [-0.4, -0.2) is 40.9 Å². The minimum atomic E-state index is -4.29. The van der Waals surface area contributed by atoms with Gasteiger partial charge in [0, 0.05) is 6.04 Å². The summed E-state index contributed by atoms with van der Waals surface area (Å²) in [7, 11) is -2.33. The lowest BCUT2D eigenvalue weighted by Gasteiger charge is -2.31. The first-order chi connectivity index (χ1) is 5.99. The van der Waals surface area contributed by atoms with Crippen LogP contribution in [0.3, 0.4) is 0 Å². The van der Waals surface area contributed by atoms with E-state index in [1.165, 1.54) is 0 Å². The standard InChI is InChI=1S/C7H16NO4P/c1-8-5-3-2-4-7(8)6-12-13(9,10)11/h7H,2-6H2,1H3,(H2,9,10,11)/t7-/m0/s1. The van der Waals surface area contributed by atoms with Gasteiger partial charge in [-0.3, -0.25) is 4.52 Å². The van der Waals surface area contributed by atoms with Crippen LogP contribution >= 0.6 is 7.82 Å². The molecule has 0 unspecified atom stereocenters. The molecule has 0 aromatic heterocycles. The first-order valence-corrected chi connectivity index (χ1v) is 5.92. The zero-order valence-electron chi connectivity index (χ0n) is 7.72. The van der Waals surface area contributed by atoms with Gasteiger partial charge in [0.25, 0.3) is 0 Å². The fourth-order valence-electron chi connectivity index (χ4n) is 1.54. The third-order valence-corrected chi connectivity index (χ3v) is 2.84. The highest BCUT2D eigenvalue weighted by Gasteiger charge is 2.23. The molecule has 1 heterocycles. The average molecular weight is 209 g/mol. The van der Waals surface area contributed by atoms with E-state index in [0.717, 1.165) is 25.8 Å². The Morgan fingerprint density at radius 3 is 2.77 bits per heavy atom. The van der Waals surface area contributed by atoms with Gasteiger partial charge in [-0.2, -0.15) is 0 Å². The zero-order chi connectivity index (χ0) is 9.90. The van der Waals surface area contributed by atoms with E-state index < -0.39 is 7.82 Å². The van der Waals surface area contributed by atoms with Crippen LogP contribution in [0, 0.1) is 0 Å². The van der Waals surface area contributed by atoms with E-state index in [0.29, 0.717) is 0 Å². The maximum Gasteiger partial charge on any atom is 0.469 e. The van der Waals surface area contributed by atoms with Crippen LogP contribution in [0.5, 0.6) is 0 Å². The summed E-state index contributed by atoms with van der Waals surface area (Å²) in [5.74, 6) is 0. The molecule has 0 aromatic carbocycles. The molecule has 6 heteroatoms. The normalized spacial score (nSPS) is 26.2. The molecule has 0 bridgehead atoms. The van der Waals surface area contributed by atoms with Crippen molar-refractivity contribution in [3.63, 3.8) is 0 Å². The number of likely N-dealkylation sites (N-methyl/N-ethyl adjacent to an activating group) is 1. The van der Waals surface area contributed by atoms with E-state index in [9.17, 15) is 4.57 Å². The third kappa shape index (κ3) is 4.20. The fourth-order valence-corrected chi connectivity index (χ4v) is 1.90. The fraction of sp³-hybridized carbons (Fsp3) is 1.00. The van der Waals surface area contributed by atoms with Crippen molar-refractivity contribution in [3.8, 4) is 0 Å². The molecule has 2 N–H and O–H groups in total. The van der Waals surface area contributed by atoms with Gasteiger partial charge in [-0.25, -0.2) is 4.57 Å². The molecule has 0 aliphatic carbocycles. The molecule has 0 radical (unpaired) electrons. The van der Waals surface area contributed by atoms with Crippen molar-refractivity contribution in [1.29, 1.82) is 0 Å². The van der Waals surface area contributed by atoms with Crippen molar-refractivity contribution in [2.75, 3.05) is 20.2 Å². The lowest BCUT2D eigenvalue weighted by atomic mass is 10.0. The van der Waals surface area contributed by atoms with Gasteiger partial charge in [-0.15, -0.1) is 0 Å². The number of phosphoric acid groups is 1. The lowest BCUT2D eigenvalue weighted by Crippen LogP contribution is -2.39. The van der Waals surface area contributed by atoms with Gasteiger partial charge in [-0.05, 0) is 26.4 Å². The number of likely N-dealkylation sites (tertiary alicyclic amines) is 1. The SMILES string of the molecule is CN1CCCC[C@H]1COP(=O)(O)O. The largest absolute Gasteiger partial charge is 0.469 e. The van der Waals surface area contributed by atoms with Crippen LogP contribution in [0.2, 0.25) is 0 Å². The average Bonchev–Trinajstić information content (AvgIpc) is 2.01. The predicted octanol–water partition coefficient (Wildman–Crippen LogP) is 0.580. The van der Waals surface area contributed by atoms with Gasteiger partial charge < -0.3 is 14.7 Å². The molecule has 1 aliphatic heterocycles. The Hall–Kier alpha value is 0.0700. The van der Waals surface area contributed by atoms with Crippen molar-refractivity contribution in [2.24, 2.45) is 0 Å². The molecule has 0 saturated carbocycles. The molecule has 0 spiro atoms. The Bertz CT molecular complexity index is 205. The van der Waals surface area contributed by atoms with Crippen LogP contribution in [0.4, 0.5) is 0 Å². The predicted molar refractivity (Wildman–Crippen MR) is 48.3 cm³/mol. The molecule has 13 heavy (non-hydrogen) atoms. The van der Waals surface area contributed by atoms with E-state index in [1.807, 2.05) is 7.05 Å². The summed E-state index contributed by atoms with van der Waals surface area (Å²) in [5.41, 5.74) is 0. The maximum absolute atomic E-state index is 10.4. The van der Waals surface area contributed by atoms with Crippen LogP contribution in [0.1, 0.15) is 19.3 Å². The molecule has 1 saturated heterocycles. The highest BCUT2D eigenvalue weighted by atomic mass is 31.2. The number of rotatable bonds is 3. The van der Waals surface area contributed by atoms with E-state index in [1.54, 1.807) is 0 Å². The van der Waals surface area contributed by atoms with E-state index in [4.69, 9.17) is 9.79 Å². The van der Waals surface area contributed by atoms with Crippen molar-refractivity contribution < 1.29 is 18.9 Å². The van der Waals surface area contributed by atoms with Gasteiger partial charge in [0.1, 0.15) is 0 Å². The highest BCUT2D eigenvalue weighted by molar-refractivity contribution is 7.46. The topological polar surface area (TPSA) is 70.0 Å². The quantitative estimate of drug-likeness (QED) is 0.665. The number of hydrogen-bond acceptors (Lipinski definition) is 3. The van der Waals surface area contributed by atoms with Crippen LogP contribution in [0.25, 0.3) is 0 Å². The summed E-state index contributed by atoms with van der Waals surface area (Å²) in [5, 5.41) is 0. The van der Waals surface area contributed by atoms with Gasteiger partial charge in [0.15, 0.2) is 0 Å². The molecule has 0 aromatic rings. The van der Waals surface area contributed by atoms with Crippen molar-refractivity contribution in [3.05, 3.63) is 0 Å². The Balaban J connectivity index is 2.31. The monoisotopic (exact) mass is 209 g/mol. The van der Waals surface area contributed by atoms with Crippen molar-refractivity contribution >= 4 is 7.82 Å². The van der Waals surface area contributed by atoms with Crippen molar-refractivity contribution in [1.82, 2.24) is 4.90 Å². The summed E-state index contributed by atoms with van der Waals surface area (Å²) in [6, 6.07) is 0.154. The molecule has 78 valence electrons. The van der Waals surface area contributed by atoms with E-state index in [-0.39, 0.29) is 12.6 Å². The third-order valence-electron chi connectivity index (χ3n) is 2.36. The van der Waals surface area contributed by atoms with Gasteiger partial charge >= 0.3 is 7.82 Å². The zero-order valence-corrected chi connectivity index (χ0v) is 8.61. The molecule has 5 nitrogen and oxygen atoms in total. The smallest absolute Gasteiger partial charge is 0.303 e. The number of hydrogen-bond donors (Lipinski definition) is 2. The summed E-state index contributed by atoms with van der Waals surface area (Å²) < 4.78 is 14.9. The highest BCUT2D eigenvalue weighted by Crippen LogP contribution is 2.36. The van der Waals surface area contributed by atoms with Gasteiger partial charge in [0.05, 0.1) is 6.61 Å². The van der Waals surface area contributed by atoms with Crippen LogP contribution in [-0.2, 0) is 9.09 Å². The van der Waals surface area contributed by atoms with Gasteiger partial charge in [0.2, 0.25) is 0 Å². The summed E-state index contributed by atoms with van der Waals surface area (Å²) >= 11 is 0. The molecule has 0 amide bonds.